The Bertz CT molecular complexity index is 1850. The van der Waals surface area contributed by atoms with Gasteiger partial charge in [-0.3, -0.25) is 33.9 Å². The molecule has 2 aromatic carbocycles. The number of benzene rings is 2. The molecule has 222 valence electrons. The molecule has 2 heterocycles. The van der Waals surface area contributed by atoms with Crippen LogP contribution in [-0.4, -0.2) is 68.6 Å². The number of nitrogens with one attached hydrogen (secondary N) is 4. The van der Waals surface area contributed by atoms with E-state index in [2.05, 4.69) is 41.0 Å². The first-order valence-corrected chi connectivity index (χ1v) is 12.7. The Labute approximate surface area is 242 Å². The van der Waals surface area contributed by atoms with Crippen LogP contribution in [0.25, 0.3) is 21.8 Å². The van der Waals surface area contributed by atoms with Crippen molar-refractivity contribution in [1.29, 1.82) is 0 Å². The fourth-order valence-electron chi connectivity index (χ4n) is 3.82. The number of nitrogens with zero attached hydrogens (tertiary/aromatic N) is 4. The van der Waals surface area contributed by atoms with E-state index in [1.807, 2.05) is 0 Å². The molecule has 4 rings (SSSR count). The van der Waals surface area contributed by atoms with E-state index in [1.165, 1.54) is 0 Å². The highest BCUT2D eigenvalue weighted by Gasteiger charge is 2.33. The van der Waals surface area contributed by atoms with Crippen LogP contribution >= 0.6 is 0 Å². The molecule has 2 aromatic heterocycles. The van der Waals surface area contributed by atoms with Crippen molar-refractivity contribution in [3.05, 3.63) is 69.2 Å². The number of aromatic nitrogens is 4. The van der Waals surface area contributed by atoms with Crippen LogP contribution in [0.2, 0.25) is 0 Å². The number of ether oxygens (including phenoxy) is 3. The Balaban J connectivity index is 1.73. The summed E-state index contributed by atoms with van der Waals surface area (Å²) in [5.74, 6) is -2.34. The van der Waals surface area contributed by atoms with Gasteiger partial charge >= 0.3 is 17.9 Å². The molecular weight excluding hydrogens is 564 g/mol. The van der Waals surface area contributed by atoms with Gasteiger partial charge in [0, 0.05) is 20.8 Å². The summed E-state index contributed by atoms with van der Waals surface area (Å²) in [6.07, 6.45) is -1.76. The predicted octanol–water partition coefficient (Wildman–Crippen LogP) is 1.45. The topological polar surface area (TPSA) is 219 Å². The normalized spacial score (nSPS) is 13.0. The first-order chi connectivity index (χ1) is 20.6. The summed E-state index contributed by atoms with van der Waals surface area (Å²) in [4.78, 5) is 74.1. The van der Waals surface area contributed by atoms with Gasteiger partial charge in [0.25, 0.3) is 11.1 Å². The molecule has 0 radical (unpaired) electrons. The number of hydrazone groups is 2. The van der Waals surface area contributed by atoms with Crippen molar-refractivity contribution in [3.8, 4) is 0 Å². The molecular formula is C27H26N8O8. The lowest BCUT2D eigenvalue weighted by molar-refractivity contribution is -0.167. The Morgan fingerprint density at radius 1 is 0.814 bits per heavy atom. The lowest BCUT2D eigenvalue weighted by Crippen LogP contribution is -2.44. The van der Waals surface area contributed by atoms with Gasteiger partial charge in [0.2, 0.25) is 11.9 Å². The zero-order valence-corrected chi connectivity index (χ0v) is 23.1. The zero-order chi connectivity index (χ0) is 30.9. The van der Waals surface area contributed by atoms with E-state index in [0.29, 0.717) is 21.8 Å². The monoisotopic (exact) mass is 590 g/mol. The molecule has 0 spiro atoms. The molecule has 16 nitrogen and oxygen atoms in total. The molecule has 0 bridgehead atoms. The van der Waals surface area contributed by atoms with Gasteiger partial charge in [-0.15, -0.1) is 0 Å². The maximum atomic E-state index is 12.5. The number of esters is 3. The van der Waals surface area contributed by atoms with Gasteiger partial charge in [-0.1, -0.05) is 24.3 Å². The van der Waals surface area contributed by atoms with E-state index >= 15 is 0 Å². The van der Waals surface area contributed by atoms with Crippen molar-refractivity contribution in [2.75, 3.05) is 17.5 Å². The number of fused-ring (bicyclic) bond motifs is 2. The second-order valence-electron chi connectivity index (χ2n) is 8.86. The first-order valence-electron chi connectivity index (χ1n) is 12.7. The zero-order valence-electron chi connectivity index (χ0n) is 23.1. The Kier molecular flexibility index (Phi) is 9.52. The second-order valence-corrected chi connectivity index (χ2v) is 8.86. The first kappa shape index (κ1) is 30.0. The van der Waals surface area contributed by atoms with E-state index in [0.717, 1.165) is 27.0 Å². The van der Waals surface area contributed by atoms with Crippen molar-refractivity contribution < 1.29 is 28.6 Å². The standard InChI is InChI=1S/C27H26N8O8/c1-14(36)41-13-22(42-15(2)37)23(43-16(3)38)21(33-35-27-30-20-11-7-5-9-18(20)25(40)32-27)12-28-34-26-29-19-10-6-4-8-17(19)24(39)31-26/h4-12,22-23H,13H2,1-3H3,(H2,29,31,34,39)(H2,30,32,35,40)/b28-12+,33-21+. The molecule has 0 aliphatic heterocycles. The number of para-hydroxylation sites is 2. The molecule has 0 aliphatic carbocycles. The molecule has 0 fully saturated rings. The van der Waals surface area contributed by atoms with Gasteiger partial charge in [-0.05, 0) is 24.3 Å². The van der Waals surface area contributed by atoms with Crippen LogP contribution in [0.15, 0.2) is 68.3 Å². The molecule has 4 N–H and O–H groups in total. The summed E-state index contributed by atoms with van der Waals surface area (Å²) in [5.41, 5.74) is 4.87. The van der Waals surface area contributed by atoms with Gasteiger partial charge in [0.15, 0.2) is 12.2 Å². The summed E-state index contributed by atoms with van der Waals surface area (Å²) in [6, 6.07) is 13.3. The van der Waals surface area contributed by atoms with Crippen molar-refractivity contribution in [2.45, 2.75) is 33.0 Å². The van der Waals surface area contributed by atoms with E-state index < -0.39 is 47.8 Å². The average Bonchev–Trinajstić information content (AvgIpc) is 2.96. The summed E-state index contributed by atoms with van der Waals surface area (Å²) in [5, 5.41) is 8.94. The van der Waals surface area contributed by atoms with Crippen LogP contribution in [0.1, 0.15) is 20.8 Å². The average molecular weight is 591 g/mol. The quantitative estimate of drug-likeness (QED) is 0.0844. The Morgan fingerprint density at radius 3 is 1.88 bits per heavy atom. The number of anilines is 2. The van der Waals surface area contributed by atoms with E-state index in [9.17, 15) is 24.0 Å². The molecule has 0 saturated carbocycles. The number of H-pyrrole nitrogens is 2. The molecule has 2 unspecified atom stereocenters. The molecule has 2 atom stereocenters. The van der Waals surface area contributed by atoms with Gasteiger partial charge in [-0.2, -0.15) is 10.2 Å². The summed E-state index contributed by atoms with van der Waals surface area (Å²) in [7, 11) is 0. The molecule has 0 amide bonds. The minimum Gasteiger partial charge on any atom is -0.462 e. The van der Waals surface area contributed by atoms with E-state index in [1.54, 1.807) is 48.5 Å². The van der Waals surface area contributed by atoms with E-state index in [4.69, 9.17) is 14.2 Å². The number of hydrogen-bond donors (Lipinski definition) is 4. The number of rotatable bonds is 11. The molecule has 0 aliphatic rings. The maximum Gasteiger partial charge on any atom is 0.303 e. The number of carbonyl (C=O) groups is 3. The second kappa shape index (κ2) is 13.6. The van der Waals surface area contributed by atoms with Gasteiger partial charge in [-0.25, -0.2) is 20.8 Å². The molecule has 4 aromatic rings. The van der Waals surface area contributed by atoms with Crippen LogP contribution < -0.4 is 22.0 Å². The third-order valence-corrected chi connectivity index (χ3v) is 5.57. The van der Waals surface area contributed by atoms with Crippen LogP contribution in [0.3, 0.4) is 0 Å². The SMILES string of the molecule is CC(=O)OCC(OC(C)=O)C(OC(C)=O)C(/C=N/Nc1nc2ccccc2c(=O)[nH]1)=N/Nc1nc2ccccc2c(=O)[nH]1. The van der Waals surface area contributed by atoms with Crippen LogP contribution in [0, 0.1) is 0 Å². The van der Waals surface area contributed by atoms with Gasteiger partial charge < -0.3 is 14.2 Å². The maximum absolute atomic E-state index is 12.5. The fourth-order valence-corrected chi connectivity index (χ4v) is 3.82. The fraction of sp³-hybridized carbons (Fsp3) is 0.222. The summed E-state index contributed by atoms with van der Waals surface area (Å²) in [6.45, 7) is 2.86. The highest BCUT2D eigenvalue weighted by Crippen LogP contribution is 2.12. The summed E-state index contributed by atoms with van der Waals surface area (Å²) < 4.78 is 15.7. The van der Waals surface area contributed by atoms with Crippen LogP contribution in [-0.2, 0) is 28.6 Å². The summed E-state index contributed by atoms with van der Waals surface area (Å²) >= 11 is 0. The van der Waals surface area contributed by atoms with Crippen LogP contribution in [0.4, 0.5) is 11.9 Å². The van der Waals surface area contributed by atoms with Gasteiger partial charge in [0.1, 0.15) is 12.3 Å². The van der Waals surface area contributed by atoms with Crippen molar-refractivity contribution in [1.82, 2.24) is 19.9 Å². The predicted molar refractivity (Wildman–Crippen MR) is 156 cm³/mol. The van der Waals surface area contributed by atoms with Gasteiger partial charge in [0.05, 0.1) is 28.0 Å². The highest BCUT2D eigenvalue weighted by molar-refractivity contribution is 6.33. The Morgan fingerprint density at radius 2 is 1.35 bits per heavy atom. The van der Waals surface area contributed by atoms with Crippen molar-refractivity contribution in [2.24, 2.45) is 10.2 Å². The lowest BCUT2D eigenvalue weighted by atomic mass is 10.1. The minimum absolute atomic E-state index is 0.0201. The highest BCUT2D eigenvalue weighted by atomic mass is 16.6. The molecule has 16 heteroatoms. The third kappa shape index (κ3) is 8.06. The number of carbonyl (C=O) groups excluding carboxylic acids is 3. The largest absolute Gasteiger partial charge is 0.462 e. The van der Waals surface area contributed by atoms with Crippen molar-refractivity contribution in [3.63, 3.8) is 0 Å². The number of hydrogen-bond acceptors (Lipinski definition) is 14. The smallest absolute Gasteiger partial charge is 0.303 e. The minimum atomic E-state index is -1.48. The van der Waals surface area contributed by atoms with Crippen LogP contribution in [0.5, 0.6) is 0 Å². The Hall–Kier alpha value is -5.93. The number of aromatic amines is 2. The molecule has 43 heavy (non-hydrogen) atoms. The molecule has 0 saturated heterocycles. The third-order valence-electron chi connectivity index (χ3n) is 5.57. The van der Waals surface area contributed by atoms with Crippen molar-refractivity contribution >= 4 is 63.5 Å². The lowest BCUT2D eigenvalue weighted by Gasteiger charge is -2.25. The van der Waals surface area contributed by atoms with E-state index in [-0.39, 0.29) is 17.6 Å².